The number of aliphatic imine (C=N–C) groups is 1. The van der Waals surface area contributed by atoms with Crippen molar-refractivity contribution in [2.24, 2.45) is 67.2 Å². The van der Waals surface area contributed by atoms with Crippen molar-refractivity contribution in [1.82, 2.24) is 0 Å². The van der Waals surface area contributed by atoms with Crippen LogP contribution >= 0.6 is 0 Å². The van der Waals surface area contributed by atoms with Gasteiger partial charge < -0.3 is 31.9 Å². The summed E-state index contributed by atoms with van der Waals surface area (Å²) in [6.07, 6.45) is 16.6. The third-order valence-corrected chi connectivity index (χ3v) is 16.9. The van der Waals surface area contributed by atoms with E-state index in [1.54, 1.807) is 12.2 Å². The smallest absolute Gasteiger partial charge is 0.331 e. The van der Waals surface area contributed by atoms with E-state index >= 15 is 4.79 Å². The molecule has 12 atom stereocenters. The first-order chi connectivity index (χ1) is 26.8. The van der Waals surface area contributed by atoms with Crippen LogP contribution in [0.1, 0.15) is 98.0 Å². The lowest BCUT2D eigenvalue weighted by atomic mass is 9.33. The van der Waals surface area contributed by atoms with Crippen molar-refractivity contribution in [2.45, 2.75) is 116 Å². The molecule has 0 unspecified atom stereocenters. The maximum atomic E-state index is 15.7. The average Bonchev–Trinajstić information content (AvgIpc) is 3.31. The minimum Gasteiger partial charge on any atom is -0.478 e. The number of guanidine groups is 1. The number of hydrogen-bond acceptors (Lipinski definition) is 7. The van der Waals surface area contributed by atoms with Gasteiger partial charge in [0.25, 0.3) is 0 Å². The van der Waals surface area contributed by atoms with Gasteiger partial charge in [-0.25, -0.2) is 9.79 Å². The Labute approximate surface area is 335 Å². The summed E-state index contributed by atoms with van der Waals surface area (Å²) in [6.45, 7) is 9.52. The molecule has 57 heavy (non-hydrogen) atoms. The number of aliphatic carboxylic acids is 1. The van der Waals surface area contributed by atoms with Crippen LogP contribution < -0.4 is 11.5 Å². The third-order valence-electron chi connectivity index (χ3n) is 16.9. The SMILES string of the molecule is CC(=C[C@@H](O)[C@@H]1[C@@H](N=C(N)N)C=C[C@]2(C[C@]3(O)C=C[C@@]4(O)C5=C6C(=O)C[C@]2(CCCCC[C@]62CCC(=O)C(C)(C)[C@@H]2[C@H]4C=Cc2ccccc2)[C@@]53C)[C@H]1C)C(=O)O. The van der Waals surface area contributed by atoms with Crippen LogP contribution in [0.15, 0.2) is 88.5 Å². The number of fused-ring (bicyclic) bond motifs is 1. The van der Waals surface area contributed by atoms with Gasteiger partial charge in [-0.3, -0.25) is 9.59 Å². The fraction of sp³-hybridized carbons (Fsp3) is 0.574. The second-order valence-corrected chi connectivity index (χ2v) is 19.4. The fourth-order valence-corrected chi connectivity index (χ4v) is 14.5. The van der Waals surface area contributed by atoms with E-state index in [4.69, 9.17) is 11.5 Å². The first kappa shape index (κ1) is 39.7. The zero-order chi connectivity index (χ0) is 41.1. The van der Waals surface area contributed by atoms with E-state index in [1.165, 1.54) is 13.0 Å². The number of Topliss-reactive ketones (excluding diaryl/α,β-unsaturated/α-hetero) is 2. The minimum atomic E-state index is -1.71. The molecule has 8 rings (SSSR count). The number of aliphatic hydroxyl groups excluding tert-OH is 1. The number of aliphatic hydroxyl groups is 3. The monoisotopic (exact) mass is 777 g/mol. The second kappa shape index (κ2) is 12.9. The molecule has 7 aliphatic carbocycles. The van der Waals surface area contributed by atoms with Gasteiger partial charge in [0.2, 0.25) is 0 Å². The Hall–Kier alpha value is -4.12. The lowest BCUT2D eigenvalue weighted by molar-refractivity contribution is -0.171. The molecule has 0 amide bonds. The van der Waals surface area contributed by atoms with Crippen LogP contribution in [0.3, 0.4) is 0 Å². The maximum absolute atomic E-state index is 15.7. The molecule has 0 heterocycles. The van der Waals surface area contributed by atoms with Crippen molar-refractivity contribution in [3.8, 4) is 0 Å². The second-order valence-electron chi connectivity index (χ2n) is 19.4. The number of carboxylic acids is 1. The Morgan fingerprint density at radius 3 is 2.37 bits per heavy atom. The summed E-state index contributed by atoms with van der Waals surface area (Å²) in [5, 5.41) is 49.1. The molecule has 0 radical (unpaired) electrons. The van der Waals surface area contributed by atoms with E-state index in [2.05, 4.69) is 24.1 Å². The Morgan fingerprint density at radius 2 is 1.68 bits per heavy atom. The minimum absolute atomic E-state index is 0.0227. The number of carbonyl (C=O) groups is 3. The number of rotatable bonds is 6. The molecule has 3 fully saturated rings. The van der Waals surface area contributed by atoms with E-state index in [1.807, 2.05) is 63.3 Å². The zero-order valence-corrected chi connectivity index (χ0v) is 33.9. The molecule has 8 N–H and O–H groups in total. The highest BCUT2D eigenvalue weighted by Gasteiger charge is 2.83. The lowest BCUT2D eigenvalue weighted by Crippen LogP contribution is -2.71. The van der Waals surface area contributed by atoms with Gasteiger partial charge >= 0.3 is 5.97 Å². The van der Waals surface area contributed by atoms with Crippen molar-refractivity contribution in [3.63, 3.8) is 0 Å². The predicted molar refractivity (Wildman–Crippen MR) is 218 cm³/mol. The summed E-state index contributed by atoms with van der Waals surface area (Å²) in [5.74, 6) is -3.41. The van der Waals surface area contributed by atoms with Crippen LogP contribution in [0.25, 0.3) is 6.08 Å². The fourth-order valence-electron chi connectivity index (χ4n) is 14.5. The van der Waals surface area contributed by atoms with E-state index < -0.39 is 80.1 Å². The normalized spacial score (nSPS) is 43.6. The lowest BCUT2D eigenvalue weighted by Gasteiger charge is -2.70. The molecule has 3 spiro atoms. The summed E-state index contributed by atoms with van der Waals surface area (Å²) < 4.78 is 0. The number of carboxylic acid groups (broad SMARTS) is 1. The van der Waals surface area contributed by atoms with Crippen molar-refractivity contribution >= 4 is 29.6 Å². The number of carbonyl (C=O) groups excluding carboxylic acids is 2. The van der Waals surface area contributed by atoms with Gasteiger partial charge in [-0.2, -0.15) is 0 Å². The average molecular weight is 778 g/mol. The van der Waals surface area contributed by atoms with Gasteiger partial charge in [0, 0.05) is 57.5 Å². The van der Waals surface area contributed by atoms with Crippen LogP contribution in [0.5, 0.6) is 0 Å². The number of nitrogens with zero attached hydrogens (tertiary/aromatic N) is 1. The molecular weight excluding hydrogens is 719 g/mol. The molecule has 3 saturated carbocycles. The molecule has 0 saturated heterocycles. The third kappa shape index (κ3) is 5.05. The van der Waals surface area contributed by atoms with Crippen molar-refractivity contribution < 1.29 is 34.8 Å². The van der Waals surface area contributed by atoms with Gasteiger partial charge in [-0.05, 0) is 73.1 Å². The molecule has 2 bridgehead atoms. The van der Waals surface area contributed by atoms with Gasteiger partial charge in [0.05, 0.1) is 17.7 Å². The quantitative estimate of drug-likeness (QED) is 0.0892. The summed E-state index contributed by atoms with van der Waals surface area (Å²) in [6, 6.07) is 9.19. The summed E-state index contributed by atoms with van der Waals surface area (Å²) in [7, 11) is 0. The van der Waals surface area contributed by atoms with Gasteiger partial charge in [0.1, 0.15) is 11.4 Å². The van der Waals surface area contributed by atoms with Crippen LogP contribution in [0.2, 0.25) is 0 Å². The van der Waals surface area contributed by atoms with Crippen LogP contribution in [-0.2, 0) is 14.4 Å². The molecule has 10 nitrogen and oxygen atoms in total. The molecule has 10 heteroatoms. The number of ketones is 2. The zero-order valence-electron chi connectivity index (χ0n) is 33.9. The summed E-state index contributed by atoms with van der Waals surface area (Å²) in [5.41, 5.74) is 6.23. The number of nitrogens with two attached hydrogens (primary N) is 2. The Kier molecular flexibility index (Phi) is 9.01. The van der Waals surface area contributed by atoms with Gasteiger partial charge in [-0.1, -0.05) is 108 Å². The molecular formula is C47H59N3O7. The molecule has 0 aromatic heterocycles. The Morgan fingerprint density at radius 1 is 0.982 bits per heavy atom. The van der Waals surface area contributed by atoms with E-state index in [9.17, 15) is 30.0 Å². The molecule has 1 aromatic rings. The van der Waals surface area contributed by atoms with E-state index in [-0.39, 0.29) is 35.9 Å². The highest BCUT2D eigenvalue weighted by molar-refractivity contribution is 6.02. The number of allylic oxidation sites excluding steroid dienone is 2. The first-order valence-electron chi connectivity index (χ1n) is 20.8. The molecule has 0 aliphatic heterocycles. The molecule has 7 aliphatic rings. The van der Waals surface area contributed by atoms with Crippen LogP contribution in [0.4, 0.5) is 0 Å². The Balaban J connectivity index is 1.43. The summed E-state index contributed by atoms with van der Waals surface area (Å²) in [4.78, 5) is 46.3. The van der Waals surface area contributed by atoms with Crippen LogP contribution in [0, 0.1) is 50.7 Å². The topological polar surface area (TPSA) is 197 Å². The van der Waals surface area contributed by atoms with Gasteiger partial charge in [0.15, 0.2) is 11.7 Å². The summed E-state index contributed by atoms with van der Waals surface area (Å²) >= 11 is 0. The highest BCUT2D eigenvalue weighted by atomic mass is 16.4. The van der Waals surface area contributed by atoms with Crippen molar-refractivity contribution in [1.29, 1.82) is 0 Å². The first-order valence-corrected chi connectivity index (χ1v) is 20.8. The van der Waals surface area contributed by atoms with E-state index in [0.717, 1.165) is 24.8 Å². The Bertz CT molecular complexity index is 2100. The molecule has 1 aromatic carbocycles. The molecule has 304 valence electrons. The highest BCUT2D eigenvalue weighted by Crippen LogP contribution is 2.83. The van der Waals surface area contributed by atoms with Crippen molar-refractivity contribution in [2.75, 3.05) is 0 Å². The van der Waals surface area contributed by atoms with E-state index in [0.29, 0.717) is 36.8 Å². The largest absolute Gasteiger partial charge is 0.478 e. The van der Waals surface area contributed by atoms with Crippen molar-refractivity contribution in [3.05, 3.63) is 89.1 Å². The van der Waals surface area contributed by atoms with Crippen LogP contribution in [-0.4, -0.2) is 67.3 Å². The predicted octanol–water partition coefficient (Wildman–Crippen LogP) is 5.83. The standard InChI is InChI=1S/C47H59N3O7/c1-27(39(54)55)24-32(51)35-28(2)44(21-16-31(35)50-40(48)49)26-46(56)22-23-47(57)30(15-14-29-12-8-6-9-13-29)37-41(3,4)34(53)17-20-43(37)18-10-7-11-19-45(44)25-33(52)36(43)38(47)42(45,46)5/h6,8-9,12-16,21-24,28,30-32,35,37,51,56-57H,7,10-11,17-20,25-26H2,1-5H3,(H,54,55)(H4,48,49,50)/t28-,30+,31-,32+,35-,37-,42+,43-,44-,45+,46+,47-/m0/s1. The number of hydrogen-bond donors (Lipinski definition) is 6. The number of benzene rings is 1. The van der Waals surface area contributed by atoms with Gasteiger partial charge in [-0.15, -0.1) is 0 Å². The maximum Gasteiger partial charge on any atom is 0.331 e.